The number of esters is 2. The normalized spacial score (nSPS) is 19.9. The predicted molar refractivity (Wildman–Crippen MR) is 96.1 cm³/mol. The molecule has 1 saturated heterocycles. The number of hydrogen-bond acceptors (Lipinski definition) is 13. The van der Waals surface area contributed by atoms with Gasteiger partial charge in [-0.2, -0.15) is 0 Å². The van der Waals surface area contributed by atoms with Crippen molar-refractivity contribution < 1.29 is 71.2 Å². The van der Waals surface area contributed by atoms with Gasteiger partial charge in [0.2, 0.25) is 11.6 Å². The number of rotatable bonds is 8. The number of thiazole rings is 1. The number of amides is 1. The Labute approximate surface area is 197 Å². The molecule has 0 radical (unpaired) electrons. The van der Waals surface area contributed by atoms with E-state index in [2.05, 4.69) is 15.0 Å². The molecule has 0 spiro atoms. The molecule has 1 aliphatic rings. The Bertz CT molecular complexity index is 949. The number of nitrogen functional groups attached to an aromatic ring is 1. The Kier molecular flexibility index (Phi) is 9.19. The Morgan fingerprint density at radius 2 is 2.10 bits per heavy atom. The quantitative estimate of drug-likeness (QED) is 0.0965. The Balaban J connectivity index is 0.00000450. The zero-order valence-electron chi connectivity index (χ0n) is 16.4. The minimum absolute atomic E-state index is 0. The van der Waals surface area contributed by atoms with E-state index in [1.165, 1.54) is 19.4 Å². The van der Waals surface area contributed by atoms with Crippen LogP contribution in [0.1, 0.15) is 19.5 Å². The van der Waals surface area contributed by atoms with Crippen LogP contribution in [-0.2, 0) is 39.0 Å². The summed E-state index contributed by atoms with van der Waals surface area (Å²) >= 11 is 1.04. The molecule has 0 saturated carbocycles. The van der Waals surface area contributed by atoms with Gasteiger partial charge in [0.1, 0.15) is 31.4 Å². The molecule has 1 aromatic heterocycles. The molecule has 1 aliphatic heterocycles. The summed E-state index contributed by atoms with van der Waals surface area (Å²) in [5.74, 6) is -4.08. The third-order valence-electron chi connectivity index (χ3n) is 3.86. The molecule has 1 aromatic rings. The molecule has 3 atom stereocenters. The van der Waals surface area contributed by atoms with Gasteiger partial charge in [-0.1, -0.05) is 5.16 Å². The fourth-order valence-corrected chi connectivity index (χ4v) is 4.09. The van der Waals surface area contributed by atoms with Gasteiger partial charge in [0.25, 0.3) is 0 Å². The number of hydrogen-bond donors (Lipinski definition) is 1. The summed E-state index contributed by atoms with van der Waals surface area (Å²) in [5, 5.41) is 5.13. The fourth-order valence-electron chi connectivity index (χ4n) is 2.68. The second kappa shape index (κ2) is 10.5. The molecule has 160 valence electrons. The largest absolute Gasteiger partial charge is 1.00 e. The van der Waals surface area contributed by atoms with Gasteiger partial charge in [0, 0.05) is 12.3 Å². The second-order valence-corrected chi connectivity index (χ2v) is 7.93. The molecule has 0 unspecified atom stereocenters. The third-order valence-corrected chi connectivity index (χ3v) is 5.46. The second-order valence-electron chi connectivity index (χ2n) is 5.79. The molecule has 2 rings (SSSR count). The molecule has 16 heteroatoms. The number of oxime groups is 1. The fraction of sp³-hybridized carbons (Fsp3) is 0.500. The van der Waals surface area contributed by atoms with Crippen molar-refractivity contribution >= 4 is 50.3 Å². The topological polar surface area (TPSA) is 191 Å². The summed E-state index contributed by atoms with van der Waals surface area (Å²) < 4.78 is 43.9. The molecule has 0 aromatic carbocycles. The van der Waals surface area contributed by atoms with Crippen molar-refractivity contribution in [2.75, 3.05) is 19.5 Å². The van der Waals surface area contributed by atoms with E-state index in [-0.39, 0.29) is 50.4 Å². The minimum atomic E-state index is -5.14. The Hall–Kier alpha value is -1.78. The average molecular weight is 472 g/mol. The summed E-state index contributed by atoms with van der Waals surface area (Å²) in [6, 6.07) is -1.31. The number of nitrogens with two attached hydrogens (primary N) is 1. The van der Waals surface area contributed by atoms with Crippen LogP contribution in [0.5, 0.6) is 0 Å². The van der Waals surface area contributed by atoms with E-state index in [9.17, 15) is 27.4 Å². The maximum Gasteiger partial charge on any atom is 1.00 e. The summed E-state index contributed by atoms with van der Waals surface area (Å²) in [4.78, 5) is 44.1. The van der Waals surface area contributed by atoms with Crippen LogP contribution in [0, 0.1) is 5.92 Å². The standard InChI is InChI=1S/C14H18N4O9S2.Na/c1-6(27-13(21)11(17-25-3)8-5-28-14(15)16-8)10-9(4-26-7(2)19)18(12(10)20)29(22,23)24;/h5-6,9-10H,4H2,1-3H3,(H2,15,16)(H,22,23,24);/q;+1/p-1/b17-11-;/t6-,9-,10-;/m1./s1. The van der Waals surface area contributed by atoms with Crippen molar-refractivity contribution in [3.05, 3.63) is 11.1 Å². The van der Waals surface area contributed by atoms with Crippen LogP contribution in [0.2, 0.25) is 0 Å². The van der Waals surface area contributed by atoms with Crippen LogP contribution in [0.4, 0.5) is 5.13 Å². The van der Waals surface area contributed by atoms with E-state index in [4.69, 9.17) is 15.2 Å². The van der Waals surface area contributed by atoms with Gasteiger partial charge in [0.05, 0.1) is 6.04 Å². The average Bonchev–Trinajstić information content (AvgIpc) is 3.00. The zero-order chi connectivity index (χ0) is 21.9. The first-order valence-electron chi connectivity index (χ1n) is 7.93. The smallest absolute Gasteiger partial charge is 0.731 e. The van der Waals surface area contributed by atoms with E-state index >= 15 is 0 Å². The van der Waals surface area contributed by atoms with E-state index in [1.807, 2.05) is 0 Å². The van der Waals surface area contributed by atoms with Crippen molar-refractivity contribution in [1.29, 1.82) is 0 Å². The van der Waals surface area contributed by atoms with Gasteiger partial charge in [-0.15, -0.1) is 11.3 Å². The van der Waals surface area contributed by atoms with Gasteiger partial charge < -0.3 is 24.6 Å². The Morgan fingerprint density at radius 3 is 2.57 bits per heavy atom. The van der Waals surface area contributed by atoms with E-state index in [0.29, 0.717) is 0 Å². The summed E-state index contributed by atoms with van der Waals surface area (Å²) in [6.45, 7) is 1.83. The van der Waals surface area contributed by atoms with Crippen LogP contribution in [0.25, 0.3) is 0 Å². The molecule has 1 amide bonds. The van der Waals surface area contributed by atoms with Crippen molar-refractivity contribution in [1.82, 2.24) is 9.29 Å². The maximum absolute atomic E-state index is 12.5. The van der Waals surface area contributed by atoms with Crippen molar-refractivity contribution in [2.24, 2.45) is 11.1 Å². The monoisotopic (exact) mass is 472 g/mol. The third kappa shape index (κ3) is 5.89. The van der Waals surface area contributed by atoms with Gasteiger partial charge >= 0.3 is 41.5 Å². The molecule has 30 heavy (non-hydrogen) atoms. The van der Waals surface area contributed by atoms with Crippen molar-refractivity contribution in [3.63, 3.8) is 0 Å². The molecular weight excluding hydrogens is 455 g/mol. The first-order chi connectivity index (χ1) is 13.5. The van der Waals surface area contributed by atoms with Crippen molar-refractivity contribution in [3.8, 4) is 0 Å². The number of carbonyl (C=O) groups excluding carboxylic acids is 3. The van der Waals surface area contributed by atoms with Crippen molar-refractivity contribution in [2.45, 2.75) is 26.0 Å². The maximum atomic E-state index is 12.5. The first-order valence-corrected chi connectivity index (χ1v) is 10.2. The molecule has 0 bridgehead atoms. The molecule has 2 N–H and O–H groups in total. The SMILES string of the molecule is CO/N=C(\C(=O)O[C@H](C)[C@H]1C(=O)N(S(=O)(=O)[O-])[C@@H]1COC(C)=O)c1csc(N)n1.[Na+]. The first kappa shape index (κ1) is 26.3. The number of aromatic nitrogens is 1. The number of ether oxygens (including phenoxy) is 2. The van der Waals surface area contributed by atoms with Crippen LogP contribution >= 0.6 is 11.3 Å². The van der Waals surface area contributed by atoms with E-state index in [0.717, 1.165) is 18.3 Å². The molecule has 0 aliphatic carbocycles. The van der Waals surface area contributed by atoms with E-state index < -0.39 is 52.8 Å². The summed E-state index contributed by atoms with van der Waals surface area (Å²) in [6.07, 6.45) is -1.19. The van der Waals surface area contributed by atoms with Gasteiger partial charge in [-0.05, 0) is 6.92 Å². The van der Waals surface area contributed by atoms with E-state index in [1.54, 1.807) is 0 Å². The van der Waals surface area contributed by atoms with Gasteiger partial charge in [-0.25, -0.2) is 22.5 Å². The Morgan fingerprint density at radius 1 is 1.47 bits per heavy atom. The van der Waals surface area contributed by atoms with Crippen LogP contribution in [-0.4, -0.2) is 71.7 Å². The number of carbonyl (C=O) groups is 3. The van der Waals surface area contributed by atoms with Gasteiger partial charge in [-0.3, -0.25) is 9.59 Å². The number of nitrogens with zero attached hydrogens (tertiary/aromatic N) is 3. The number of β-lactam (4-membered cyclic amide) rings is 1. The summed E-state index contributed by atoms with van der Waals surface area (Å²) in [7, 11) is -3.95. The van der Waals surface area contributed by atoms with Crippen LogP contribution in [0.15, 0.2) is 10.5 Å². The number of anilines is 1. The zero-order valence-corrected chi connectivity index (χ0v) is 20.1. The predicted octanol–water partition coefficient (Wildman–Crippen LogP) is -4.14. The molecule has 13 nitrogen and oxygen atoms in total. The molecule has 2 heterocycles. The van der Waals surface area contributed by atoms with Crippen LogP contribution < -0.4 is 35.3 Å². The molecule has 1 fully saturated rings. The summed E-state index contributed by atoms with van der Waals surface area (Å²) in [5.41, 5.74) is 5.27. The molecular formula is C14H17N4NaO9S2. The van der Waals surface area contributed by atoms with Gasteiger partial charge in [0.15, 0.2) is 15.4 Å². The van der Waals surface area contributed by atoms with Crippen LogP contribution in [0.3, 0.4) is 0 Å². The minimum Gasteiger partial charge on any atom is -0.731 e.